The summed E-state index contributed by atoms with van der Waals surface area (Å²) in [5, 5.41) is 11.9. The molecular formula is C9H10N2O4. The Hall–Kier alpha value is -2.11. The molecule has 6 nitrogen and oxygen atoms in total. The van der Waals surface area contributed by atoms with E-state index in [9.17, 15) is 14.9 Å². The van der Waals surface area contributed by atoms with Crippen LogP contribution < -0.4 is 5.32 Å². The van der Waals surface area contributed by atoms with Crippen molar-refractivity contribution < 1.29 is 14.5 Å². The molecule has 15 heavy (non-hydrogen) atoms. The molecule has 1 aromatic carbocycles. The standard InChI is InChI=1S/C9H10N2O4/c12-9(10-7-11(13)14)15-6-8-4-2-1-3-5-8/h1-5H,6-7H2,(H,10,12). The van der Waals surface area contributed by atoms with Gasteiger partial charge in [-0.1, -0.05) is 30.3 Å². The Morgan fingerprint density at radius 1 is 1.40 bits per heavy atom. The average molecular weight is 210 g/mol. The van der Waals surface area contributed by atoms with Gasteiger partial charge in [0.1, 0.15) is 6.61 Å². The molecule has 0 aliphatic carbocycles. The van der Waals surface area contributed by atoms with Gasteiger partial charge in [-0.2, -0.15) is 0 Å². The Balaban J connectivity index is 2.26. The lowest BCUT2D eigenvalue weighted by Gasteiger charge is -2.03. The Kier molecular flexibility index (Phi) is 4.08. The molecule has 0 radical (unpaired) electrons. The first kappa shape index (κ1) is 11.0. The summed E-state index contributed by atoms with van der Waals surface area (Å²) >= 11 is 0. The van der Waals surface area contributed by atoms with Crippen LogP contribution in [0.4, 0.5) is 4.79 Å². The van der Waals surface area contributed by atoms with Crippen molar-refractivity contribution in [2.45, 2.75) is 6.61 Å². The van der Waals surface area contributed by atoms with E-state index in [0.717, 1.165) is 5.56 Å². The van der Waals surface area contributed by atoms with Crippen molar-refractivity contribution in [2.24, 2.45) is 0 Å². The Bertz CT molecular complexity index is 339. The SMILES string of the molecule is O=C(NC[N+](=O)[O-])OCc1ccccc1. The smallest absolute Gasteiger partial charge is 0.412 e. The van der Waals surface area contributed by atoms with E-state index in [1.165, 1.54) is 0 Å². The van der Waals surface area contributed by atoms with Gasteiger partial charge in [0.2, 0.25) is 0 Å². The van der Waals surface area contributed by atoms with Gasteiger partial charge in [-0.05, 0) is 5.56 Å². The first-order chi connectivity index (χ1) is 7.18. The highest BCUT2D eigenvalue weighted by molar-refractivity contribution is 5.66. The maximum Gasteiger partial charge on any atom is 0.412 e. The number of carbonyl (C=O) groups is 1. The van der Waals surface area contributed by atoms with Gasteiger partial charge in [0.05, 0.1) is 0 Å². The lowest BCUT2D eigenvalue weighted by molar-refractivity contribution is -0.483. The Morgan fingerprint density at radius 2 is 2.07 bits per heavy atom. The van der Waals surface area contributed by atoms with E-state index in [4.69, 9.17) is 4.74 Å². The van der Waals surface area contributed by atoms with Gasteiger partial charge in [0, 0.05) is 4.92 Å². The number of nitrogens with zero attached hydrogens (tertiary/aromatic N) is 1. The molecule has 6 heteroatoms. The molecule has 80 valence electrons. The highest BCUT2D eigenvalue weighted by atomic mass is 16.6. The molecule has 0 fully saturated rings. The fourth-order valence-corrected chi connectivity index (χ4v) is 0.903. The van der Waals surface area contributed by atoms with E-state index >= 15 is 0 Å². The Morgan fingerprint density at radius 3 is 2.67 bits per heavy atom. The minimum Gasteiger partial charge on any atom is -0.445 e. The normalized spacial score (nSPS) is 9.33. The summed E-state index contributed by atoms with van der Waals surface area (Å²) < 4.78 is 4.72. The molecule has 0 spiro atoms. The quantitative estimate of drug-likeness (QED) is 0.459. The first-order valence-electron chi connectivity index (χ1n) is 4.25. The van der Waals surface area contributed by atoms with Gasteiger partial charge in [0.15, 0.2) is 0 Å². The lowest BCUT2D eigenvalue weighted by atomic mass is 10.2. The van der Waals surface area contributed by atoms with Gasteiger partial charge in [-0.3, -0.25) is 15.4 Å². The minimum atomic E-state index is -0.796. The van der Waals surface area contributed by atoms with E-state index < -0.39 is 17.7 Å². The molecule has 0 atom stereocenters. The number of hydrogen-bond acceptors (Lipinski definition) is 4. The number of nitrogens with one attached hydrogen (secondary N) is 1. The van der Waals surface area contributed by atoms with Crippen molar-refractivity contribution in [3.8, 4) is 0 Å². The molecule has 0 saturated heterocycles. The molecule has 0 saturated carbocycles. The second-order valence-electron chi connectivity index (χ2n) is 2.73. The molecule has 0 aliphatic heterocycles. The van der Waals surface area contributed by atoms with Crippen molar-refractivity contribution in [1.29, 1.82) is 0 Å². The number of benzene rings is 1. The van der Waals surface area contributed by atoms with Gasteiger partial charge < -0.3 is 4.74 Å². The summed E-state index contributed by atoms with van der Waals surface area (Å²) in [6.07, 6.45) is -0.796. The predicted octanol–water partition coefficient (Wildman–Crippen LogP) is 1.15. The van der Waals surface area contributed by atoms with Crippen LogP contribution in [0.25, 0.3) is 0 Å². The fourth-order valence-electron chi connectivity index (χ4n) is 0.903. The maximum atomic E-state index is 10.9. The first-order valence-corrected chi connectivity index (χ1v) is 4.25. The van der Waals surface area contributed by atoms with Crippen molar-refractivity contribution in [1.82, 2.24) is 5.32 Å². The largest absolute Gasteiger partial charge is 0.445 e. The lowest BCUT2D eigenvalue weighted by Crippen LogP contribution is -2.29. The zero-order valence-electron chi connectivity index (χ0n) is 7.88. The zero-order valence-corrected chi connectivity index (χ0v) is 7.88. The summed E-state index contributed by atoms with van der Waals surface area (Å²) in [6.45, 7) is -0.530. The molecule has 1 N–H and O–H groups in total. The van der Waals surface area contributed by atoms with E-state index in [-0.39, 0.29) is 6.61 Å². The third-order valence-electron chi connectivity index (χ3n) is 1.57. The van der Waals surface area contributed by atoms with Crippen LogP contribution in [0.15, 0.2) is 30.3 Å². The van der Waals surface area contributed by atoms with Gasteiger partial charge in [-0.15, -0.1) is 0 Å². The Labute approximate surface area is 86.0 Å². The highest BCUT2D eigenvalue weighted by Crippen LogP contribution is 2.00. The summed E-state index contributed by atoms with van der Waals surface area (Å²) in [5.74, 6) is 0. The van der Waals surface area contributed by atoms with E-state index in [1.807, 2.05) is 23.5 Å². The van der Waals surface area contributed by atoms with Crippen molar-refractivity contribution in [2.75, 3.05) is 6.67 Å². The highest BCUT2D eigenvalue weighted by Gasteiger charge is 2.04. The molecule has 1 amide bonds. The molecule has 0 aliphatic rings. The van der Waals surface area contributed by atoms with Gasteiger partial charge in [-0.25, -0.2) is 4.79 Å². The topological polar surface area (TPSA) is 81.5 Å². The summed E-state index contributed by atoms with van der Waals surface area (Å²) in [7, 11) is 0. The third-order valence-corrected chi connectivity index (χ3v) is 1.57. The van der Waals surface area contributed by atoms with Crippen molar-refractivity contribution in [3.05, 3.63) is 46.0 Å². The molecule has 1 rings (SSSR count). The van der Waals surface area contributed by atoms with Crippen LogP contribution in [0.3, 0.4) is 0 Å². The average Bonchev–Trinajstić information content (AvgIpc) is 2.25. The monoisotopic (exact) mass is 210 g/mol. The van der Waals surface area contributed by atoms with Crippen LogP contribution in [0.1, 0.15) is 5.56 Å². The van der Waals surface area contributed by atoms with Crippen molar-refractivity contribution >= 4 is 6.09 Å². The molecule has 0 aromatic heterocycles. The van der Waals surface area contributed by atoms with E-state index in [0.29, 0.717) is 0 Å². The number of carbonyl (C=O) groups excluding carboxylic acids is 1. The number of ether oxygens (including phenoxy) is 1. The van der Waals surface area contributed by atoms with Crippen LogP contribution in [0, 0.1) is 10.1 Å². The zero-order chi connectivity index (χ0) is 11.1. The molecule has 0 unspecified atom stereocenters. The number of amides is 1. The summed E-state index contributed by atoms with van der Waals surface area (Å²) in [6, 6.07) is 9.05. The molecule has 0 heterocycles. The number of alkyl carbamates (subject to hydrolysis) is 1. The van der Waals surface area contributed by atoms with E-state index in [2.05, 4.69) is 0 Å². The molecular weight excluding hydrogens is 200 g/mol. The van der Waals surface area contributed by atoms with Crippen LogP contribution in [0.5, 0.6) is 0 Å². The number of nitro groups is 1. The second kappa shape index (κ2) is 5.58. The summed E-state index contributed by atoms with van der Waals surface area (Å²) in [4.78, 5) is 20.1. The minimum absolute atomic E-state index is 0.102. The third kappa shape index (κ3) is 4.61. The summed E-state index contributed by atoms with van der Waals surface area (Å²) in [5.41, 5.74) is 0.828. The molecule has 0 bridgehead atoms. The van der Waals surface area contributed by atoms with E-state index in [1.54, 1.807) is 12.1 Å². The van der Waals surface area contributed by atoms with Gasteiger partial charge in [0.25, 0.3) is 6.67 Å². The predicted molar refractivity (Wildman–Crippen MR) is 51.6 cm³/mol. The van der Waals surface area contributed by atoms with Crippen LogP contribution in [0.2, 0.25) is 0 Å². The van der Waals surface area contributed by atoms with Crippen LogP contribution in [-0.2, 0) is 11.3 Å². The van der Waals surface area contributed by atoms with Crippen LogP contribution >= 0.6 is 0 Å². The van der Waals surface area contributed by atoms with Crippen LogP contribution in [-0.4, -0.2) is 17.7 Å². The number of hydrogen-bond donors (Lipinski definition) is 1. The fraction of sp³-hybridized carbons (Fsp3) is 0.222. The second-order valence-corrected chi connectivity index (χ2v) is 2.73. The maximum absolute atomic E-state index is 10.9. The van der Waals surface area contributed by atoms with Crippen molar-refractivity contribution in [3.63, 3.8) is 0 Å². The molecule has 1 aromatic rings. The van der Waals surface area contributed by atoms with Gasteiger partial charge >= 0.3 is 6.09 Å². The number of rotatable bonds is 4.